The van der Waals surface area contributed by atoms with E-state index in [1.165, 1.54) is 0 Å². The van der Waals surface area contributed by atoms with Crippen LogP contribution < -0.4 is 14.8 Å². The second-order valence-electron chi connectivity index (χ2n) is 3.53. The molecule has 2 rings (SSSR count). The van der Waals surface area contributed by atoms with Crippen LogP contribution in [0, 0.1) is 0 Å². The lowest BCUT2D eigenvalue weighted by molar-refractivity contribution is 0.0260. The smallest absolute Gasteiger partial charge is 0.213 e. The first-order valence-corrected chi connectivity index (χ1v) is 5.25. The summed E-state index contributed by atoms with van der Waals surface area (Å²) in [7, 11) is 3.22. The van der Waals surface area contributed by atoms with Gasteiger partial charge in [0.1, 0.15) is 5.75 Å². The van der Waals surface area contributed by atoms with Gasteiger partial charge in [-0.1, -0.05) is 0 Å². The molecule has 1 unspecified atom stereocenters. The van der Waals surface area contributed by atoms with Gasteiger partial charge >= 0.3 is 0 Å². The van der Waals surface area contributed by atoms with Crippen molar-refractivity contribution in [1.29, 1.82) is 0 Å². The minimum Gasteiger partial charge on any atom is -0.495 e. The molecule has 1 aromatic rings. The summed E-state index contributed by atoms with van der Waals surface area (Å²) in [4.78, 5) is 4.10. The van der Waals surface area contributed by atoms with E-state index in [0.29, 0.717) is 12.5 Å². The lowest BCUT2D eigenvalue weighted by Gasteiger charge is -2.25. The summed E-state index contributed by atoms with van der Waals surface area (Å²) in [5, 5.41) is 3.28. The van der Waals surface area contributed by atoms with Crippen molar-refractivity contribution in [2.24, 2.45) is 0 Å². The molecule has 1 N–H and O–H groups in total. The number of ether oxygens (including phenoxy) is 3. The number of morpholine rings is 1. The largest absolute Gasteiger partial charge is 0.495 e. The molecule has 2 heterocycles. The lowest BCUT2D eigenvalue weighted by atomic mass is 10.1. The minimum absolute atomic E-state index is 0.000556. The highest BCUT2D eigenvalue weighted by molar-refractivity contribution is 5.37. The van der Waals surface area contributed by atoms with Crippen LogP contribution in [0.4, 0.5) is 0 Å². The highest BCUT2D eigenvalue weighted by atomic mass is 16.5. The van der Waals surface area contributed by atoms with Crippen LogP contribution in [0.2, 0.25) is 0 Å². The summed E-state index contributed by atoms with van der Waals surface area (Å²) in [6.45, 7) is 2.38. The predicted molar refractivity (Wildman–Crippen MR) is 58.9 cm³/mol. The van der Waals surface area contributed by atoms with E-state index < -0.39 is 0 Å². The molecule has 0 aliphatic carbocycles. The summed E-state index contributed by atoms with van der Waals surface area (Å²) in [6, 6.07) is 1.86. The third-order valence-corrected chi connectivity index (χ3v) is 2.58. The first kappa shape index (κ1) is 11.2. The Morgan fingerprint density at radius 1 is 1.44 bits per heavy atom. The summed E-state index contributed by atoms with van der Waals surface area (Å²) in [5.41, 5.74) is 0.974. The molecule has 0 spiro atoms. The van der Waals surface area contributed by atoms with Gasteiger partial charge in [-0.05, 0) is 0 Å². The quantitative estimate of drug-likeness (QED) is 0.821. The maximum Gasteiger partial charge on any atom is 0.213 e. The molecule has 0 amide bonds. The molecular formula is C11H16N2O3. The predicted octanol–water partition coefficient (Wildman–Crippen LogP) is 0.760. The number of rotatable bonds is 3. The van der Waals surface area contributed by atoms with Gasteiger partial charge < -0.3 is 19.5 Å². The molecule has 5 nitrogen and oxygen atoms in total. The van der Waals surface area contributed by atoms with Gasteiger partial charge in [0.25, 0.3) is 0 Å². The molecule has 5 heteroatoms. The van der Waals surface area contributed by atoms with Gasteiger partial charge in [0.15, 0.2) is 0 Å². The van der Waals surface area contributed by atoms with Crippen molar-refractivity contribution in [1.82, 2.24) is 10.3 Å². The Balaban J connectivity index is 2.27. The zero-order valence-electron chi connectivity index (χ0n) is 9.53. The average Bonchev–Trinajstić information content (AvgIpc) is 2.39. The number of nitrogens with zero attached hydrogens (tertiary/aromatic N) is 1. The van der Waals surface area contributed by atoms with Gasteiger partial charge in [-0.25, -0.2) is 4.98 Å². The van der Waals surface area contributed by atoms with Crippen LogP contribution in [0.3, 0.4) is 0 Å². The van der Waals surface area contributed by atoms with Crippen molar-refractivity contribution in [3.8, 4) is 11.6 Å². The van der Waals surface area contributed by atoms with E-state index in [1.807, 2.05) is 6.07 Å². The number of methoxy groups -OCH3 is 2. The van der Waals surface area contributed by atoms with Crippen molar-refractivity contribution < 1.29 is 14.2 Å². The summed E-state index contributed by atoms with van der Waals surface area (Å²) in [5.74, 6) is 1.31. The highest BCUT2D eigenvalue weighted by Gasteiger charge is 2.20. The van der Waals surface area contributed by atoms with Crippen LogP contribution in [0.15, 0.2) is 12.3 Å². The maximum atomic E-state index is 5.68. The first-order valence-electron chi connectivity index (χ1n) is 5.25. The molecule has 0 aromatic carbocycles. The summed E-state index contributed by atoms with van der Waals surface area (Å²) >= 11 is 0. The van der Waals surface area contributed by atoms with E-state index in [-0.39, 0.29) is 6.10 Å². The Bertz CT molecular complexity index is 351. The molecule has 1 atom stereocenters. The SMILES string of the molecule is COc1cc(C2CNCCO2)c(OC)cn1. The molecule has 0 bridgehead atoms. The van der Waals surface area contributed by atoms with Crippen molar-refractivity contribution in [2.75, 3.05) is 33.9 Å². The number of nitrogens with one attached hydrogen (secondary N) is 1. The first-order chi connectivity index (χ1) is 7.85. The van der Waals surface area contributed by atoms with Crippen molar-refractivity contribution in [3.63, 3.8) is 0 Å². The lowest BCUT2D eigenvalue weighted by Crippen LogP contribution is -2.33. The molecular weight excluding hydrogens is 208 g/mol. The molecule has 1 aliphatic rings. The molecule has 16 heavy (non-hydrogen) atoms. The average molecular weight is 224 g/mol. The van der Waals surface area contributed by atoms with Gasteiger partial charge in [-0.15, -0.1) is 0 Å². The number of hydrogen-bond donors (Lipinski definition) is 1. The minimum atomic E-state index is 0.000556. The van der Waals surface area contributed by atoms with Crippen LogP contribution in [0.1, 0.15) is 11.7 Å². The third-order valence-electron chi connectivity index (χ3n) is 2.58. The highest BCUT2D eigenvalue weighted by Crippen LogP contribution is 2.30. The summed E-state index contributed by atoms with van der Waals surface area (Å²) < 4.78 is 16.1. The van der Waals surface area contributed by atoms with Crippen molar-refractivity contribution in [3.05, 3.63) is 17.8 Å². The molecule has 1 aromatic heterocycles. The van der Waals surface area contributed by atoms with Crippen LogP contribution in [0.5, 0.6) is 11.6 Å². The standard InChI is InChI=1S/C11H16N2O3/c1-14-9-7-13-11(15-2)5-8(9)10-6-12-3-4-16-10/h5,7,10,12H,3-4,6H2,1-2H3. The molecule has 0 radical (unpaired) electrons. The Hall–Kier alpha value is -1.33. The van der Waals surface area contributed by atoms with Crippen molar-refractivity contribution in [2.45, 2.75) is 6.10 Å². The van der Waals surface area contributed by atoms with Gasteiger partial charge in [-0.2, -0.15) is 0 Å². The van der Waals surface area contributed by atoms with Crippen LogP contribution in [0.25, 0.3) is 0 Å². The normalized spacial score (nSPS) is 20.5. The molecule has 0 saturated carbocycles. The zero-order valence-corrected chi connectivity index (χ0v) is 9.53. The maximum absolute atomic E-state index is 5.68. The van der Waals surface area contributed by atoms with Gasteiger partial charge in [0.2, 0.25) is 5.88 Å². The number of pyridine rings is 1. The summed E-state index contributed by atoms with van der Waals surface area (Å²) in [6.07, 6.45) is 1.66. The number of aromatic nitrogens is 1. The fraction of sp³-hybridized carbons (Fsp3) is 0.545. The Labute approximate surface area is 94.7 Å². The monoisotopic (exact) mass is 224 g/mol. The Morgan fingerprint density at radius 2 is 2.31 bits per heavy atom. The fourth-order valence-corrected chi connectivity index (χ4v) is 1.74. The van der Waals surface area contributed by atoms with Crippen LogP contribution in [-0.4, -0.2) is 38.9 Å². The second-order valence-corrected chi connectivity index (χ2v) is 3.53. The Kier molecular flexibility index (Phi) is 3.58. The molecule has 88 valence electrons. The van der Waals surface area contributed by atoms with Gasteiger partial charge in [0.05, 0.1) is 33.1 Å². The van der Waals surface area contributed by atoms with E-state index in [4.69, 9.17) is 14.2 Å². The van der Waals surface area contributed by atoms with Crippen molar-refractivity contribution >= 4 is 0 Å². The fourth-order valence-electron chi connectivity index (χ4n) is 1.74. The van der Waals surface area contributed by atoms with E-state index >= 15 is 0 Å². The van der Waals surface area contributed by atoms with E-state index in [1.54, 1.807) is 20.4 Å². The van der Waals surface area contributed by atoms with E-state index in [0.717, 1.165) is 24.4 Å². The Morgan fingerprint density at radius 3 is 2.94 bits per heavy atom. The van der Waals surface area contributed by atoms with Crippen LogP contribution in [-0.2, 0) is 4.74 Å². The topological polar surface area (TPSA) is 52.6 Å². The molecule has 1 fully saturated rings. The van der Waals surface area contributed by atoms with E-state index in [2.05, 4.69) is 10.3 Å². The zero-order chi connectivity index (χ0) is 11.4. The second kappa shape index (κ2) is 5.14. The number of hydrogen-bond acceptors (Lipinski definition) is 5. The molecule has 1 saturated heterocycles. The molecule has 1 aliphatic heterocycles. The van der Waals surface area contributed by atoms with Gasteiger partial charge in [-0.3, -0.25) is 0 Å². The van der Waals surface area contributed by atoms with E-state index in [9.17, 15) is 0 Å². The van der Waals surface area contributed by atoms with Gasteiger partial charge in [0, 0.05) is 24.7 Å². The van der Waals surface area contributed by atoms with Crippen LogP contribution >= 0.6 is 0 Å². The third kappa shape index (κ3) is 2.25.